The second-order valence-corrected chi connectivity index (χ2v) is 8.18. The van der Waals surface area contributed by atoms with Crippen LogP contribution in [0.2, 0.25) is 0 Å². The highest BCUT2D eigenvalue weighted by molar-refractivity contribution is 7.47. The monoisotopic (exact) mass is 423 g/mol. The van der Waals surface area contributed by atoms with Gasteiger partial charge in [0.15, 0.2) is 11.5 Å². The Hall–Kier alpha value is -2.59. The molecule has 4 atom stereocenters. The van der Waals surface area contributed by atoms with Gasteiger partial charge in [-0.2, -0.15) is 0 Å². The summed E-state index contributed by atoms with van der Waals surface area (Å²) < 4.78 is 37.1. The van der Waals surface area contributed by atoms with E-state index >= 15 is 0 Å². The summed E-state index contributed by atoms with van der Waals surface area (Å²) in [4.78, 5) is 22.3. The summed E-state index contributed by atoms with van der Waals surface area (Å²) in [6, 6.07) is 4.52. The van der Waals surface area contributed by atoms with Crippen molar-refractivity contribution in [3.05, 3.63) is 42.7 Å². The van der Waals surface area contributed by atoms with Crippen LogP contribution in [0.25, 0.3) is 11.2 Å². The zero-order valence-electron chi connectivity index (χ0n) is 15.1. The number of nitrogens with two attached hydrogens (primary N) is 1. The van der Waals surface area contributed by atoms with Gasteiger partial charge in [0.1, 0.15) is 23.4 Å². The first-order valence-corrected chi connectivity index (χ1v) is 10.3. The van der Waals surface area contributed by atoms with E-state index in [0.717, 1.165) is 12.1 Å². The first kappa shape index (κ1) is 19.7. The molecule has 0 bridgehead atoms. The second kappa shape index (κ2) is 7.68. The predicted molar refractivity (Wildman–Crippen MR) is 100 cm³/mol. The van der Waals surface area contributed by atoms with Crippen molar-refractivity contribution >= 4 is 24.8 Å². The normalized spacial score (nSPS) is 23.5. The topological polar surface area (TPSA) is 146 Å². The standard InChI is InChI=1S/C17H19FN5O5P/c18-11-1-3-12(4-2-11)28-29(25,26)27-7-13-10(6-24)5-14(13)23-9-22-15-16(19)20-8-21-17(15)23/h1-4,8-10,13-14,24H,5-7H2,(H,25,26)(H2,19,20,21)/t10-,13-,14-/m1/s1. The van der Waals surface area contributed by atoms with Crippen molar-refractivity contribution in [1.29, 1.82) is 0 Å². The van der Waals surface area contributed by atoms with Crippen molar-refractivity contribution in [1.82, 2.24) is 19.5 Å². The molecule has 29 heavy (non-hydrogen) atoms. The number of nitrogen functional groups attached to an aromatic ring is 1. The maximum atomic E-state index is 13.0. The summed E-state index contributed by atoms with van der Waals surface area (Å²) in [7, 11) is -4.43. The number of aliphatic hydroxyl groups excluding tert-OH is 1. The van der Waals surface area contributed by atoms with E-state index in [1.54, 1.807) is 10.9 Å². The van der Waals surface area contributed by atoms with E-state index < -0.39 is 13.6 Å². The van der Waals surface area contributed by atoms with Crippen LogP contribution in [-0.4, -0.2) is 42.7 Å². The quantitative estimate of drug-likeness (QED) is 0.485. The Bertz CT molecular complexity index is 1060. The number of benzene rings is 1. The van der Waals surface area contributed by atoms with Crippen molar-refractivity contribution in [2.24, 2.45) is 11.8 Å². The summed E-state index contributed by atoms with van der Waals surface area (Å²) in [5.74, 6) is -0.625. The van der Waals surface area contributed by atoms with Gasteiger partial charge >= 0.3 is 7.82 Å². The smallest absolute Gasteiger partial charge is 0.404 e. The van der Waals surface area contributed by atoms with E-state index in [1.165, 1.54) is 18.5 Å². The molecule has 4 rings (SSSR count). The van der Waals surface area contributed by atoms with Crippen LogP contribution in [0.1, 0.15) is 12.5 Å². The Kier molecular flexibility index (Phi) is 5.22. The van der Waals surface area contributed by atoms with E-state index in [0.29, 0.717) is 17.6 Å². The van der Waals surface area contributed by atoms with Crippen LogP contribution in [0.3, 0.4) is 0 Å². The fourth-order valence-corrected chi connectivity index (χ4v) is 4.30. The van der Waals surface area contributed by atoms with Crippen molar-refractivity contribution < 1.29 is 28.0 Å². The third kappa shape index (κ3) is 3.95. The number of nitrogens with zero attached hydrogens (tertiary/aromatic N) is 4. The number of aromatic nitrogens is 4. The highest BCUT2D eigenvalue weighted by atomic mass is 31.2. The predicted octanol–water partition coefficient (Wildman–Crippen LogP) is 1.91. The van der Waals surface area contributed by atoms with Crippen LogP contribution in [0.15, 0.2) is 36.9 Å². The molecule has 0 amide bonds. The van der Waals surface area contributed by atoms with Gasteiger partial charge in [0, 0.05) is 18.6 Å². The Labute approximate surface area is 164 Å². The van der Waals surface area contributed by atoms with Crippen LogP contribution in [-0.2, 0) is 9.09 Å². The molecule has 1 aromatic carbocycles. The zero-order chi connectivity index (χ0) is 20.6. The Morgan fingerprint density at radius 3 is 2.76 bits per heavy atom. The fourth-order valence-electron chi connectivity index (χ4n) is 3.50. The average molecular weight is 423 g/mol. The molecule has 1 fully saturated rings. The molecule has 12 heteroatoms. The van der Waals surface area contributed by atoms with Crippen molar-refractivity contribution in [3.63, 3.8) is 0 Å². The molecule has 2 aromatic heterocycles. The summed E-state index contributed by atoms with van der Waals surface area (Å²) in [6.45, 7) is -0.228. The number of phosphoric ester groups is 1. The minimum atomic E-state index is -4.43. The molecule has 0 radical (unpaired) electrons. The summed E-state index contributed by atoms with van der Waals surface area (Å²) in [6.07, 6.45) is 3.53. The van der Waals surface area contributed by atoms with Gasteiger partial charge in [-0.05, 0) is 36.6 Å². The fraction of sp³-hybridized carbons (Fsp3) is 0.353. The SMILES string of the molecule is Nc1ncnc2c1ncn2[C@@H]1C[C@H](CO)[C@H]1COP(=O)(O)Oc1ccc(F)cc1. The molecule has 0 aliphatic heterocycles. The molecule has 154 valence electrons. The lowest BCUT2D eigenvalue weighted by Crippen LogP contribution is -2.43. The molecule has 4 N–H and O–H groups in total. The second-order valence-electron chi connectivity index (χ2n) is 6.80. The van der Waals surface area contributed by atoms with Crippen molar-refractivity contribution in [2.45, 2.75) is 12.5 Å². The molecule has 0 saturated heterocycles. The van der Waals surface area contributed by atoms with Crippen LogP contribution in [0, 0.1) is 17.7 Å². The lowest BCUT2D eigenvalue weighted by atomic mass is 9.70. The Morgan fingerprint density at radius 1 is 1.28 bits per heavy atom. The molecular formula is C17H19FN5O5P. The van der Waals surface area contributed by atoms with Gasteiger partial charge in [-0.25, -0.2) is 23.9 Å². The van der Waals surface area contributed by atoms with Gasteiger partial charge in [-0.1, -0.05) is 0 Å². The van der Waals surface area contributed by atoms with E-state index in [1.807, 2.05) is 0 Å². The number of fused-ring (bicyclic) bond motifs is 1. The number of hydrogen-bond donors (Lipinski definition) is 3. The zero-order valence-corrected chi connectivity index (χ0v) is 16.0. The number of imidazole rings is 1. The van der Waals surface area contributed by atoms with E-state index in [4.69, 9.17) is 14.8 Å². The van der Waals surface area contributed by atoms with Crippen LogP contribution < -0.4 is 10.3 Å². The van der Waals surface area contributed by atoms with Gasteiger partial charge in [-0.3, -0.25) is 9.42 Å². The van der Waals surface area contributed by atoms with Gasteiger partial charge in [-0.15, -0.1) is 0 Å². The lowest BCUT2D eigenvalue weighted by Gasteiger charge is -2.44. The third-order valence-corrected chi connectivity index (χ3v) is 6.00. The first-order chi connectivity index (χ1) is 13.9. The van der Waals surface area contributed by atoms with Crippen molar-refractivity contribution in [2.75, 3.05) is 18.9 Å². The molecule has 1 saturated carbocycles. The Balaban J connectivity index is 1.47. The minimum absolute atomic E-state index is 0.00822. The third-order valence-electron chi connectivity index (χ3n) is 5.09. The molecule has 3 aromatic rings. The number of rotatable bonds is 7. The van der Waals surface area contributed by atoms with Gasteiger partial charge < -0.3 is 19.9 Å². The van der Waals surface area contributed by atoms with E-state index in [-0.39, 0.29) is 42.7 Å². The van der Waals surface area contributed by atoms with Crippen LogP contribution in [0.5, 0.6) is 5.75 Å². The highest BCUT2D eigenvalue weighted by Crippen LogP contribution is 2.50. The number of halogens is 1. The molecular weight excluding hydrogens is 404 g/mol. The van der Waals surface area contributed by atoms with Gasteiger partial charge in [0.2, 0.25) is 0 Å². The summed E-state index contributed by atoms with van der Waals surface area (Å²) in [5.41, 5.74) is 6.82. The average Bonchev–Trinajstić information content (AvgIpc) is 3.08. The van der Waals surface area contributed by atoms with Gasteiger partial charge in [0.25, 0.3) is 0 Å². The molecule has 10 nitrogen and oxygen atoms in total. The number of anilines is 1. The first-order valence-electron chi connectivity index (χ1n) is 8.84. The Morgan fingerprint density at radius 2 is 2.03 bits per heavy atom. The number of aliphatic hydroxyl groups is 1. The maximum absolute atomic E-state index is 13.0. The molecule has 1 unspecified atom stereocenters. The lowest BCUT2D eigenvalue weighted by molar-refractivity contribution is -0.00476. The van der Waals surface area contributed by atoms with Crippen LogP contribution in [0.4, 0.5) is 10.2 Å². The maximum Gasteiger partial charge on any atom is 0.527 e. The summed E-state index contributed by atoms with van der Waals surface area (Å²) in [5, 5.41) is 9.60. The molecule has 1 aliphatic rings. The van der Waals surface area contributed by atoms with E-state index in [9.17, 15) is 19.0 Å². The minimum Gasteiger partial charge on any atom is -0.404 e. The molecule has 2 heterocycles. The van der Waals surface area contributed by atoms with Gasteiger partial charge in [0.05, 0.1) is 12.9 Å². The van der Waals surface area contributed by atoms with Crippen LogP contribution >= 0.6 is 7.82 Å². The molecule has 1 aliphatic carbocycles. The molecule has 0 spiro atoms. The van der Waals surface area contributed by atoms with Crippen molar-refractivity contribution in [3.8, 4) is 5.75 Å². The number of hydrogen-bond acceptors (Lipinski definition) is 8. The van der Waals surface area contributed by atoms with E-state index in [2.05, 4.69) is 15.0 Å². The largest absolute Gasteiger partial charge is 0.527 e. The highest BCUT2D eigenvalue weighted by Gasteiger charge is 2.44. The number of phosphoric acid groups is 1. The summed E-state index contributed by atoms with van der Waals surface area (Å²) >= 11 is 0.